The van der Waals surface area contributed by atoms with Gasteiger partial charge in [0.2, 0.25) is 0 Å². The third-order valence-electron chi connectivity index (χ3n) is 5.04. The molecular formula is C17H21N3O. The molecule has 2 heterocycles. The van der Waals surface area contributed by atoms with Crippen LogP contribution < -0.4 is 0 Å². The van der Waals surface area contributed by atoms with E-state index in [1.165, 1.54) is 11.1 Å². The second-order valence-electron chi connectivity index (χ2n) is 6.38. The summed E-state index contributed by atoms with van der Waals surface area (Å²) < 4.78 is 2.28. The van der Waals surface area contributed by atoms with Crippen LogP contribution in [0.2, 0.25) is 0 Å². The maximum Gasteiger partial charge on any atom is 0.136 e. The van der Waals surface area contributed by atoms with Gasteiger partial charge in [-0.3, -0.25) is 0 Å². The second-order valence-corrected chi connectivity index (χ2v) is 6.38. The minimum atomic E-state index is 0.268. The fraction of sp³-hybridized carbons (Fsp3) is 0.529. The Bertz CT molecular complexity index is 649. The Morgan fingerprint density at radius 2 is 1.95 bits per heavy atom. The first kappa shape index (κ1) is 13.0. The summed E-state index contributed by atoms with van der Waals surface area (Å²) in [6.45, 7) is 1.15. The van der Waals surface area contributed by atoms with Crippen molar-refractivity contribution in [2.75, 3.05) is 6.61 Å². The maximum absolute atomic E-state index is 9.43. The van der Waals surface area contributed by atoms with Gasteiger partial charge in [-0.2, -0.15) is 0 Å². The van der Waals surface area contributed by atoms with Gasteiger partial charge >= 0.3 is 0 Å². The predicted octanol–water partition coefficient (Wildman–Crippen LogP) is 2.11. The molecule has 0 saturated carbocycles. The van der Waals surface area contributed by atoms with Crippen LogP contribution in [0.25, 0.3) is 0 Å². The SMILES string of the molecule is OCC1CCc2nnc(C3CCc4ccccc4C3)n2C1. The van der Waals surface area contributed by atoms with Gasteiger partial charge in [0.15, 0.2) is 0 Å². The molecule has 21 heavy (non-hydrogen) atoms. The first-order valence-corrected chi connectivity index (χ1v) is 7.94. The lowest BCUT2D eigenvalue weighted by Gasteiger charge is -2.27. The highest BCUT2D eigenvalue weighted by Gasteiger charge is 2.28. The average molecular weight is 283 g/mol. The third kappa shape index (κ3) is 2.27. The minimum Gasteiger partial charge on any atom is -0.396 e. The van der Waals surface area contributed by atoms with Crippen molar-refractivity contribution in [3.63, 3.8) is 0 Å². The van der Waals surface area contributed by atoms with Crippen molar-refractivity contribution in [2.45, 2.75) is 44.6 Å². The lowest BCUT2D eigenvalue weighted by molar-refractivity contribution is 0.188. The molecule has 0 fully saturated rings. The molecule has 4 rings (SSSR count). The summed E-state index contributed by atoms with van der Waals surface area (Å²) >= 11 is 0. The van der Waals surface area contributed by atoms with Crippen molar-refractivity contribution < 1.29 is 5.11 Å². The van der Waals surface area contributed by atoms with Gasteiger partial charge in [0, 0.05) is 31.4 Å². The number of hydrogen-bond donors (Lipinski definition) is 1. The second kappa shape index (κ2) is 5.26. The molecule has 0 amide bonds. The third-order valence-corrected chi connectivity index (χ3v) is 5.04. The van der Waals surface area contributed by atoms with Gasteiger partial charge in [-0.15, -0.1) is 10.2 Å². The van der Waals surface area contributed by atoms with Crippen molar-refractivity contribution in [1.29, 1.82) is 0 Å². The lowest BCUT2D eigenvalue weighted by atomic mass is 9.83. The number of fused-ring (bicyclic) bond motifs is 2. The van der Waals surface area contributed by atoms with E-state index in [0.29, 0.717) is 11.8 Å². The van der Waals surface area contributed by atoms with E-state index < -0.39 is 0 Å². The number of hydrogen-bond acceptors (Lipinski definition) is 3. The van der Waals surface area contributed by atoms with Crippen LogP contribution in [0, 0.1) is 5.92 Å². The molecule has 1 aliphatic carbocycles. The van der Waals surface area contributed by atoms with Gasteiger partial charge in [-0.05, 0) is 36.8 Å². The van der Waals surface area contributed by atoms with Gasteiger partial charge in [-0.25, -0.2) is 0 Å². The molecule has 0 spiro atoms. The van der Waals surface area contributed by atoms with Gasteiger partial charge < -0.3 is 9.67 Å². The van der Waals surface area contributed by atoms with E-state index in [9.17, 15) is 5.11 Å². The topological polar surface area (TPSA) is 50.9 Å². The molecule has 4 heteroatoms. The summed E-state index contributed by atoms with van der Waals surface area (Å²) in [5, 5.41) is 18.3. The molecule has 4 nitrogen and oxygen atoms in total. The molecule has 2 unspecified atom stereocenters. The Kier molecular flexibility index (Phi) is 3.26. The first-order valence-electron chi connectivity index (χ1n) is 7.94. The molecule has 2 aliphatic rings. The van der Waals surface area contributed by atoms with Crippen molar-refractivity contribution in [1.82, 2.24) is 14.8 Å². The van der Waals surface area contributed by atoms with Gasteiger partial charge in [0.25, 0.3) is 0 Å². The number of benzene rings is 1. The van der Waals surface area contributed by atoms with Crippen molar-refractivity contribution in [3.8, 4) is 0 Å². The summed E-state index contributed by atoms with van der Waals surface area (Å²) in [6.07, 6.45) is 5.33. The minimum absolute atomic E-state index is 0.268. The number of aryl methyl sites for hydroxylation is 2. The Morgan fingerprint density at radius 3 is 2.81 bits per heavy atom. The molecule has 1 aliphatic heterocycles. The molecule has 0 bridgehead atoms. The van der Waals surface area contributed by atoms with E-state index in [1.54, 1.807) is 0 Å². The zero-order valence-electron chi connectivity index (χ0n) is 12.2. The van der Waals surface area contributed by atoms with Crippen LogP contribution in [0.4, 0.5) is 0 Å². The van der Waals surface area contributed by atoms with E-state index in [1.807, 2.05) is 0 Å². The number of nitrogens with zero attached hydrogens (tertiary/aromatic N) is 3. The molecule has 2 atom stereocenters. The van der Waals surface area contributed by atoms with Crippen LogP contribution in [0.5, 0.6) is 0 Å². The summed E-state index contributed by atoms with van der Waals surface area (Å²) in [6, 6.07) is 8.74. The Labute approximate surface area is 124 Å². The zero-order chi connectivity index (χ0) is 14.2. The van der Waals surface area contributed by atoms with Crippen molar-refractivity contribution in [2.24, 2.45) is 5.92 Å². The molecule has 1 aromatic heterocycles. The van der Waals surface area contributed by atoms with E-state index in [0.717, 1.165) is 50.3 Å². The number of rotatable bonds is 2. The van der Waals surface area contributed by atoms with Crippen LogP contribution in [-0.4, -0.2) is 26.5 Å². The highest BCUT2D eigenvalue weighted by Crippen LogP contribution is 2.33. The fourth-order valence-corrected chi connectivity index (χ4v) is 3.78. The average Bonchev–Trinajstić information content (AvgIpc) is 2.97. The summed E-state index contributed by atoms with van der Waals surface area (Å²) in [5.74, 6) is 3.08. The summed E-state index contributed by atoms with van der Waals surface area (Å²) in [4.78, 5) is 0. The molecule has 0 radical (unpaired) electrons. The van der Waals surface area contributed by atoms with Crippen LogP contribution in [0.1, 0.15) is 41.5 Å². The summed E-state index contributed by atoms with van der Waals surface area (Å²) in [5.41, 5.74) is 2.95. The Hall–Kier alpha value is -1.68. The zero-order valence-corrected chi connectivity index (χ0v) is 12.2. The predicted molar refractivity (Wildman–Crippen MR) is 80.1 cm³/mol. The van der Waals surface area contributed by atoms with Gasteiger partial charge in [-0.1, -0.05) is 24.3 Å². The maximum atomic E-state index is 9.43. The standard InChI is InChI=1S/C17H21N3O/c21-11-12-5-8-16-18-19-17(20(16)10-12)15-7-6-13-3-1-2-4-14(13)9-15/h1-4,12,15,21H,5-11H2. The fourth-order valence-electron chi connectivity index (χ4n) is 3.78. The molecule has 0 saturated heterocycles. The summed E-state index contributed by atoms with van der Waals surface area (Å²) in [7, 11) is 0. The van der Waals surface area contributed by atoms with E-state index >= 15 is 0 Å². The first-order chi connectivity index (χ1) is 10.3. The van der Waals surface area contributed by atoms with Crippen molar-refractivity contribution >= 4 is 0 Å². The van der Waals surface area contributed by atoms with Gasteiger partial charge in [0.1, 0.15) is 11.6 Å². The Morgan fingerprint density at radius 1 is 1.10 bits per heavy atom. The monoisotopic (exact) mass is 283 g/mol. The largest absolute Gasteiger partial charge is 0.396 e. The van der Waals surface area contributed by atoms with Gasteiger partial charge in [0.05, 0.1) is 0 Å². The molecule has 1 aromatic carbocycles. The normalized spacial score (nSPS) is 24.4. The van der Waals surface area contributed by atoms with Crippen molar-refractivity contribution in [3.05, 3.63) is 47.0 Å². The van der Waals surface area contributed by atoms with E-state index in [-0.39, 0.29) is 6.61 Å². The Balaban J connectivity index is 1.63. The lowest BCUT2D eigenvalue weighted by Crippen LogP contribution is -2.26. The highest BCUT2D eigenvalue weighted by atomic mass is 16.3. The molecular weight excluding hydrogens is 262 g/mol. The molecule has 110 valence electrons. The number of aromatic nitrogens is 3. The molecule has 1 N–H and O–H groups in total. The van der Waals surface area contributed by atoms with Crippen LogP contribution in [-0.2, 0) is 25.8 Å². The van der Waals surface area contributed by atoms with Crippen LogP contribution >= 0.6 is 0 Å². The quantitative estimate of drug-likeness (QED) is 0.918. The van der Waals surface area contributed by atoms with E-state index in [2.05, 4.69) is 39.0 Å². The highest BCUT2D eigenvalue weighted by molar-refractivity contribution is 5.31. The number of aliphatic hydroxyl groups excluding tert-OH is 1. The van der Waals surface area contributed by atoms with Crippen LogP contribution in [0.3, 0.4) is 0 Å². The van der Waals surface area contributed by atoms with Crippen LogP contribution in [0.15, 0.2) is 24.3 Å². The van der Waals surface area contributed by atoms with E-state index in [4.69, 9.17) is 0 Å². The number of aliphatic hydroxyl groups is 1. The molecule has 2 aromatic rings. The smallest absolute Gasteiger partial charge is 0.136 e.